The number of hydrogen-bond donors (Lipinski definition) is 2. The Hall–Kier alpha value is -1.06. The number of nitrogens with one attached hydrogen (secondary N) is 2. The summed E-state index contributed by atoms with van der Waals surface area (Å²) in [6, 6.07) is 0.364. The van der Waals surface area contributed by atoms with E-state index in [4.69, 9.17) is 0 Å². The lowest BCUT2D eigenvalue weighted by Gasteiger charge is -2.30. The maximum Gasteiger partial charge on any atom is 0.309 e. The molecule has 0 aliphatic heterocycles. The molecule has 0 aromatic heterocycles. The second-order valence-electron chi connectivity index (χ2n) is 6.94. The van der Waals surface area contributed by atoms with Gasteiger partial charge in [0.1, 0.15) is 0 Å². The largest absolute Gasteiger partial charge is 0.345 e. The van der Waals surface area contributed by atoms with Crippen LogP contribution in [-0.4, -0.2) is 23.9 Å². The molecule has 2 rings (SSSR count). The summed E-state index contributed by atoms with van der Waals surface area (Å²) in [7, 11) is 0. The molecule has 0 aromatic carbocycles. The average Bonchev–Trinajstić information content (AvgIpc) is 2.50. The van der Waals surface area contributed by atoms with E-state index in [1.165, 1.54) is 25.7 Å². The normalized spacial score (nSPS) is 33.2. The number of carbonyl (C=O) groups excluding carboxylic acids is 2. The van der Waals surface area contributed by atoms with Gasteiger partial charge in [-0.15, -0.1) is 0 Å². The van der Waals surface area contributed by atoms with Crippen molar-refractivity contribution in [2.24, 2.45) is 11.8 Å². The quantitative estimate of drug-likeness (QED) is 0.786. The lowest BCUT2D eigenvalue weighted by Crippen LogP contribution is -2.50. The highest BCUT2D eigenvalue weighted by Crippen LogP contribution is 2.26. The van der Waals surface area contributed by atoms with E-state index in [-0.39, 0.29) is 12.1 Å². The molecule has 0 heterocycles. The summed E-state index contributed by atoms with van der Waals surface area (Å²) in [5, 5.41) is 5.84. The highest BCUT2D eigenvalue weighted by atomic mass is 16.2. The van der Waals surface area contributed by atoms with Crippen molar-refractivity contribution in [3.63, 3.8) is 0 Å². The lowest BCUT2D eigenvalue weighted by molar-refractivity contribution is -0.140. The topological polar surface area (TPSA) is 58.2 Å². The van der Waals surface area contributed by atoms with Crippen LogP contribution < -0.4 is 10.6 Å². The van der Waals surface area contributed by atoms with Gasteiger partial charge in [0.2, 0.25) is 0 Å². The number of amides is 2. The lowest BCUT2D eigenvalue weighted by atomic mass is 9.84. The minimum atomic E-state index is -0.439. The fourth-order valence-corrected chi connectivity index (χ4v) is 3.73. The van der Waals surface area contributed by atoms with Gasteiger partial charge in [-0.3, -0.25) is 9.59 Å². The third-order valence-corrected chi connectivity index (χ3v) is 5.39. The summed E-state index contributed by atoms with van der Waals surface area (Å²) in [4.78, 5) is 24.0. The van der Waals surface area contributed by atoms with Crippen LogP contribution >= 0.6 is 0 Å². The van der Waals surface area contributed by atoms with E-state index >= 15 is 0 Å². The van der Waals surface area contributed by atoms with E-state index in [1.807, 2.05) is 0 Å². The molecule has 0 saturated heterocycles. The van der Waals surface area contributed by atoms with Crippen LogP contribution in [0.3, 0.4) is 0 Å². The number of rotatable bonds is 3. The molecule has 21 heavy (non-hydrogen) atoms. The molecule has 120 valence electrons. The minimum absolute atomic E-state index is 0.174. The molecule has 2 fully saturated rings. The van der Waals surface area contributed by atoms with Crippen molar-refractivity contribution in [2.75, 3.05) is 0 Å². The second kappa shape index (κ2) is 7.81. The van der Waals surface area contributed by atoms with Crippen LogP contribution in [0.4, 0.5) is 0 Å². The van der Waals surface area contributed by atoms with Crippen LogP contribution in [0.5, 0.6) is 0 Å². The van der Waals surface area contributed by atoms with Crippen molar-refractivity contribution in [1.29, 1.82) is 0 Å². The Kier molecular flexibility index (Phi) is 6.07. The first-order valence-electron chi connectivity index (χ1n) is 8.71. The molecular weight excluding hydrogens is 264 g/mol. The van der Waals surface area contributed by atoms with Gasteiger partial charge in [0.15, 0.2) is 0 Å². The van der Waals surface area contributed by atoms with Gasteiger partial charge in [-0.25, -0.2) is 0 Å². The van der Waals surface area contributed by atoms with E-state index in [9.17, 15) is 9.59 Å². The maximum atomic E-state index is 12.0. The molecule has 2 atom stereocenters. The molecule has 2 aliphatic carbocycles. The van der Waals surface area contributed by atoms with Gasteiger partial charge in [-0.05, 0) is 50.4 Å². The van der Waals surface area contributed by atoms with E-state index in [0.29, 0.717) is 5.92 Å². The Balaban J connectivity index is 1.73. The molecule has 2 aliphatic rings. The fourth-order valence-electron chi connectivity index (χ4n) is 3.73. The standard InChI is InChI=1S/C17H30N2O2/c1-3-13-8-10-14(11-9-13)18-16(20)17(21)19-15-7-5-4-6-12(15)2/h12-15H,3-11H2,1-2H3,(H,18,20)(H,19,21)/t12-,13?,14?,15-/m1/s1. The predicted molar refractivity (Wildman–Crippen MR) is 83.7 cm³/mol. The van der Waals surface area contributed by atoms with Gasteiger partial charge in [-0.1, -0.05) is 33.1 Å². The van der Waals surface area contributed by atoms with Crippen LogP contribution in [0.15, 0.2) is 0 Å². The Morgan fingerprint density at radius 1 is 0.905 bits per heavy atom. The van der Waals surface area contributed by atoms with E-state index < -0.39 is 11.8 Å². The molecule has 0 spiro atoms. The molecule has 4 nitrogen and oxygen atoms in total. The van der Waals surface area contributed by atoms with Gasteiger partial charge in [0.25, 0.3) is 0 Å². The van der Waals surface area contributed by atoms with E-state index in [0.717, 1.165) is 38.0 Å². The number of hydrogen-bond acceptors (Lipinski definition) is 2. The Morgan fingerprint density at radius 3 is 2.14 bits per heavy atom. The maximum absolute atomic E-state index is 12.0. The molecule has 0 unspecified atom stereocenters. The van der Waals surface area contributed by atoms with Gasteiger partial charge in [0, 0.05) is 12.1 Å². The molecule has 0 aromatic rings. The summed E-state index contributed by atoms with van der Waals surface area (Å²) in [5.41, 5.74) is 0. The third kappa shape index (κ3) is 4.72. The summed E-state index contributed by atoms with van der Waals surface area (Å²) >= 11 is 0. The Morgan fingerprint density at radius 2 is 1.52 bits per heavy atom. The van der Waals surface area contributed by atoms with Gasteiger partial charge < -0.3 is 10.6 Å². The molecule has 0 radical (unpaired) electrons. The number of carbonyl (C=O) groups is 2. The highest BCUT2D eigenvalue weighted by Gasteiger charge is 2.27. The summed E-state index contributed by atoms with van der Waals surface area (Å²) < 4.78 is 0. The first kappa shape index (κ1) is 16.3. The minimum Gasteiger partial charge on any atom is -0.345 e. The zero-order chi connectivity index (χ0) is 15.2. The van der Waals surface area contributed by atoms with Crippen molar-refractivity contribution in [2.45, 2.75) is 83.7 Å². The van der Waals surface area contributed by atoms with Crippen LogP contribution in [0.1, 0.15) is 71.6 Å². The monoisotopic (exact) mass is 294 g/mol. The second-order valence-corrected chi connectivity index (χ2v) is 6.94. The van der Waals surface area contributed by atoms with Crippen molar-refractivity contribution < 1.29 is 9.59 Å². The van der Waals surface area contributed by atoms with Gasteiger partial charge >= 0.3 is 11.8 Å². The smallest absolute Gasteiger partial charge is 0.309 e. The summed E-state index contributed by atoms with van der Waals surface area (Å²) in [6.45, 7) is 4.39. The van der Waals surface area contributed by atoms with Crippen LogP contribution in [0, 0.1) is 11.8 Å². The molecule has 0 bridgehead atoms. The Labute approximate surface area is 128 Å². The van der Waals surface area contributed by atoms with Crippen molar-refractivity contribution in [3.8, 4) is 0 Å². The fraction of sp³-hybridized carbons (Fsp3) is 0.882. The zero-order valence-corrected chi connectivity index (χ0v) is 13.5. The van der Waals surface area contributed by atoms with Crippen molar-refractivity contribution in [3.05, 3.63) is 0 Å². The van der Waals surface area contributed by atoms with Crippen LogP contribution in [-0.2, 0) is 9.59 Å². The van der Waals surface area contributed by atoms with Crippen molar-refractivity contribution in [1.82, 2.24) is 10.6 Å². The van der Waals surface area contributed by atoms with Crippen molar-refractivity contribution >= 4 is 11.8 Å². The van der Waals surface area contributed by atoms with E-state index in [2.05, 4.69) is 24.5 Å². The molecule has 2 amide bonds. The summed E-state index contributed by atoms with van der Waals surface area (Å²) in [6.07, 6.45) is 10.1. The molecule has 2 N–H and O–H groups in total. The molecular formula is C17H30N2O2. The van der Waals surface area contributed by atoms with E-state index in [1.54, 1.807) is 0 Å². The van der Waals surface area contributed by atoms with Gasteiger partial charge in [0.05, 0.1) is 0 Å². The first-order valence-corrected chi connectivity index (χ1v) is 8.71. The first-order chi connectivity index (χ1) is 10.1. The average molecular weight is 294 g/mol. The predicted octanol–water partition coefficient (Wildman–Crippen LogP) is 2.77. The van der Waals surface area contributed by atoms with Gasteiger partial charge in [-0.2, -0.15) is 0 Å². The third-order valence-electron chi connectivity index (χ3n) is 5.39. The molecule has 2 saturated carbocycles. The highest BCUT2D eigenvalue weighted by molar-refractivity contribution is 6.35. The van der Waals surface area contributed by atoms with Crippen LogP contribution in [0.25, 0.3) is 0 Å². The van der Waals surface area contributed by atoms with Crippen LogP contribution in [0.2, 0.25) is 0 Å². The zero-order valence-electron chi connectivity index (χ0n) is 13.5. The SMILES string of the molecule is CCC1CCC(NC(=O)C(=O)N[C@@H]2CCCC[C@H]2C)CC1. The summed E-state index contributed by atoms with van der Waals surface area (Å²) in [5.74, 6) is 0.407. The Bertz CT molecular complexity index is 362. The molecule has 4 heteroatoms.